The highest BCUT2D eigenvalue weighted by molar-refractivity contribution is 5.95. The van der Waals surface area contributed by atoms with Crippen molar-refractivity contribution < 1.29 is 19.1 Å². The molecule has 0 aromatic heterocycles. The van der Waals surface area contributed by atoms with Gasteiger partial charge < -0.3 is 14.5 Å². The van der Waals surface area contributed by atoms with Crippen LogP contribution in [-0.4, -0.2) is 50.4 Å². The third-order valence-electron chi connectivity index (χ3n) is 2.95. The minimum atomic E-state index is 0.251. The van der Waals surface area contributed by atoms with Crippen molar-refractivity contribution in [2.45, 2.75) is 12.8 Å². The van der Waals surface area contributed by atoms with Crippen LogP contribution >= 0.6 is 0 Å². The number of ether oxygens (including phenoxy) is 1. The maximum atomic E-state index is 11.3. The number of para-hydroxylation sites is 1. The topological polar surface area (TPSA) is 66.9 Å². The molecule has 0 unspecified atom stereocenters. The molecule has 0 saturated carbocycles. The van der Waals surface area contributed by atoms with Crippen LogP contribution in [0, 0.1) is 0 Å². The molecule has 0 radical (unpaired) electrons. The van der Waals surface area contributed by atoms with Gasteiger partial charge in [0.25, 0.3) is 6.47 Å². The zero-order chi connectivity index (χ0) is 15.5. The van der Waals surface area contributed by atoms with E-state index in [4.69, 9.17) is 0 Å². The van der Waals surface area contributed by atoms with Crippen LogP contribution in [0.4, 0.5) is 5.69 Å². The Kier molecular flexibility index (Phi) is 7.56. The van der Waals surface area contributed by atoms with Crippen molar-refractivity contribution in [3.63, 3.8) is 0 Å². The highest BCUT2D eigenvalue weighted by Crippen LogP contribution is 2.19. The van der Waals surface area contributed by atoms with Crippen molar-refractivity contribution in [3.8, 4) is 0 Å². The summed E-state index contributed by atoms with van der Waals surface area (Å²) < 4.78 is 4.32. The number of hydrogen-bond acceptors (Lipinski definition) is 4. The first-order valence-electron chi connectivity index (χ1n) is 6.75. The molecule has 0 spiro atoms. The Morgan fingerprint density at radius 1 is 1.29 bits per heavy atom. The molecule has 1 aromatic rings. The third kappa shape index (κ3) is 6.07. The maximum Gasteiger partial charge on any atom is 0.293 e. The molecule has 1 aliphatic heterocycles. The highest BCUT2D eigenvalue weighted by Gasteiger charge is 2.20. The second-order valence-electron chi connectivity index (χ2n) is 4.54. The van der Waals surface area contributed by atoms with E-state index in [1.54, 1.807) is 7.05 Å². The fourth-order valence-corrected chi connectivity index (χ4v) is 1.83. The number of benzene rings is 1. The van der Waals surface area contributed by atoms with Crippen LogP contribution in [0.25, 0.3) is 0 Å². The normalized spacial score (nSPS) is 13.2. The van der Waals surface area contributed by atoms with Crippen molar-refractivity contribution in [2.24, 2.45) is 0 Å². The van der Waals surface area contributed by atoms with Crippen molar-refractivity contribution >= 4 is 24.5 Å². The van der Waals surface area contributed by atoms with Gasteiger partial charge in [-0.05, 0) is 18.6 Å². The lowest BCUT2D eigenvalue weighted by Gasteiger charge is -2.14. The van der Waals surface area contributed by atoms with Gasteiger partial charge >= 0.3 is 0 Å². The standard InChI is InChI=1S/C10H11NO.C5H9NO3/c12-10-7-4-8-11(10)9-5-2-1-3-6-9;1-6(4-7)2-3-9-5-8/h1-3,5-6H,4,7-8H2;4-5H,2-3H2,1H3. The number of nitrogens with zero attached hydrogens (tertiary/aromatic N) is 2. The summed E-state index contributed by atoms with van der Waals surface area (Å²) >= 11 is 0. The van der Waals surface area contributed by atoms with Crippen LogP contribution in [0.2, 0.25) is 0 Å². The minimum absolute atomic E-state index is 0.251. The lowest BCUT2D eigenvalue weighted by atomic mass is 10.3. The first-order valence-corrected chi connectivity index (χ1v) is 6.75. The van der Waals surface area contributed by atoms with Crippen molar-refractivity contribution in [3.05, 3.63) is 30.3 Å². The first kappa shape index (κ1) is 16.7. The average molecular weight is 292 g/mol. The van der Waals surface area contributed by atoms with Crippen LogP contribution in [0.15, 0.2) is 30.3 Å². The summed E-state index contributed by atoms with van der Waals surface area (Å²) in [5.74, 6) is 0.251. The second-order valence-corrected chi connectivity index (χ2v) is 4.54. The molecule has 0 atom stereocenters. The van der Waals surface area contributed by atoms with Gasteiger partial charge in [0, 0.05) is 25.7 Å². The lowest BCUT2D eigenvalue weighted by molar-refractivity contribution is -0.130. The third-order valence-corrected chi connectivity index (χ3v) is 2.95. The number of rotatable bonds is 6. The van der Waals surface area contributed by atoms with E-state index >= 15 is 0 Å². The molecule has 0 bridgehead atoms. The van der Waals surface area contributed by atoms with E-state index < -0.39 is 0 Å². The van der Waals surface area contributed by atoms with E-state index in [0.717, 1.165) is 18.7 Å². The van der Waals surface area contributed by atoms with Gasteiger partial charge in [-0.15, -0.1) is 0 Å². The molecule has 1 fully saturated rings. The van der Waals surface area contributed by atoms with E-state index in [9.17, 15) is 14.4 Å². The van der Waals surface area contributed by atoms with Gasteiger partial charge in [0.1, 0.15) is 6.61 Å². The number of hydrogen-bond donors (Lipinski definition) is 0. The fourth-order valence-electron chi connectivity index (χ4n) is 1.83. The summed E-state index contributed by atoms with van der Waals surface area (Å²) in [6.45, 7) is 1.95. The Bertz CT molecular complexity index is 450. The maximum absolute atomic E-state index is 11.3. The molecule has 21 heavy (non-hydrogen) atoms. The minimum Gasteiger partial charge on any atom is -0.466 e. The average Bonchev–Trinajstić information content (AvgIpc) is 2.95. The summed E-state index contributed by atoms with van der Waals surface area (Å²) in [4.78, 5) is 34.0. The van der Waals surface area contributed by atoms with Crippen molar-refractivity contribution in [1.82, 2.24) is 4.90 Å². The molecule has 1 aromatic carbocycles. The highest BCUT2D eigenvalue weighted by atomic mass is 16.5. The summed E-state index contributed by atoms with van der Waals surface area (Å²) in [6, 6.07) is 9.83. The van der Waals surface area contributed by atoms with Gasteiger partial charge in [-0.25, -0.2) is 0 Å². The van der Waals surface area contributed by atoms with Crippen LogP contribution in [0.1, 0.15) is 12.8 Å². The van der Waals surface area contributed by atoms with Gasteiger partial charge in [0.15, 0.2) is 0 Å². The number of likely N-dealkylation sites (N-methyl/N-ethyl adjacent to an activating group) is 1. The molecule has 6 heteroatoms. The van der Waals surface area contributed by atoms with Gasteiger partial charge in [0.05, 0.1) is 6.54 Å². The van der Waals surface area contributed by atoms with E-state index in [0.29, 0.717) is 25.8 Å². The Labute approximate surface area is 124 Å². The molecule has 0 aliphatic carbocycles. The smallest absolute Gasteiger partial charge is 0.293 e. The molecule has 2 amide bonds. The predicted octanol–water partition coefficient (Wildman–Crippen LogP) is 1.06. The van der Waals surface area contributed by atoms with Crippen molar-refractivity contribution in [1.29, 1.82) is 0 Å². The summed E-state index contributed by atoms with van der Waals surface area (Å²) in [7, 11) is 1.61. The van der Waals surface area contributed by atoms with Crippen LogP contribution in [0.3, 0.4) is 0 Å². The molecule has 2 rings (SSSR count). The molecule has 1 saturated heterocycles. The predicted molar refractivity (Wildman–Crippen MR) is 78.7 cm³/mol. The molecule has 1 aliphatic rings. The Balaban J connectivity index is 0.000000222. The number of amides is 2. The number of anilines is 1. The SMILES string of the molecule is CN(C=O)CCOC=O.O=C1CCCN1c1ccccc1. The Morgan fingerprint density at radius 2 is 2.00 bits per heavy atom. The van der Waals surface area contributed by atoms with Gasteiger partial charge in [-0.1, -0.05) is 18.2 Å². The zero-order valence-electron chi connectivity index (χ0n) is 12.1. The quantitative estimate of drug-likeness (QED) is 0.581. The lowest BCUT2D eigenvalue weighted by Crippen LogP contribution is -2.23. The van der Waals surface area contributed by atoms with E-state index in [2.05, 4.69) is 4.74 Å². The largest absolute Gasteiger partial charge is 0.466 e. The molecule has 114 valence electrons. The monoisotopic (exact) mass is 292 g/mol. The molecule has 6 nitrogen and oxygen atoms in total. The van der Waals surface area contributed by atoms with E-state index in [1.165, 1.54) is 4.90 Å². The zero-order valence-corrected chi connectivity index (χ0v) is 12.1. The Hall–Kier alpha value is -2.37. The molecule has 1 heterocycles. The van der Waals surface area contributed by atoms with Gasteiger partial charge in [-0.3, -0.25) is 14.4 Å². The number of carbonyl (C=O) groups is 3. The van der Waals surface area contributed by atoms with Crippen LogP contribution in [0.5, 0.6) is 0 Å². The first-order chi connectivity index (χ1) is 10.2. The Morgan fingerprint density at radius 3 is 2.52 bits per heavy atom. The van der Waals surface area contributed by atoms with E-state index in [-0.39, 0.29) is 12.5 Å². The fraction of sp³-hybridized carbons (Fsp3) is 0.400. The number of carbonyl (C=O) groups excluding carboxylic acids is 3. The molecule has 0 N–H and O–H groups in total. The molecular formula is C15H20N2O4. The van der Waals surface area contributed by atoms with Gasteiger partial charge in [0.2, 0.25) is 12.3 Å². The second kappa shape index (κ2) is 9.52. The van der Waals surface area contributed by atoms with Gasteiger partial charge in [-0.2, -0.15) is 0 Å². The van der Waals surface area contributed by atoms with Crippen LogP contribution in [-0.2, 0) is 19.1 Å². The molecular weight excluding hydrogens is 272 g/mol. The van der Waals surface area contributed by atoms with Crippen LogP contribution < -0.4 is 4.90 Å². The summed E-state index contributed by atoms with van der Waals surface area (Å²) in [5, 5.41) is 0. The van der Waals surface area contributed by atoms with Crippen molar-refractivity contribution in [2.75, 3.05) is 31.6 Å². The van der Waals surface area contributed by atoms with E-state index in [1.807, 2.05) is 35.2 Å². The summed E-state index contributed by atoms with van der Waals surface area (Å²) in [5.41, 5.74) is 1.03. The summed E-state index contributed by atoms with van der Waals surface area (Å²) in [6.07, 6.45) is 2.37.